The van der Waals surface area contributed by atoms with E-state index in [0.717, 1.165) is 0 Å². The van der Waals surface area contributed by atoms with Gasteiger partial charge in [0.1, 0.15) is 17.7 Å². The third-order valence-electron chi connectivity index (χ3n) is 5.50. The van der Waals surface area contributed by atoms with Crippen molar-refractivity contribution < 1.29 is 23.2 Å². The molecule has 1 aliphatic heterocycles. The lowest BCUT2D eigenvalue weighted by Gasteiger charge is -2.36. The summed E-state index contributed by atoms with van der Waals surface area (Å²) < 4.78 is 26.3. The van der Waals surface area contributed by atoms with Crippen LogP contribution in [0.2, 0.25) is 0 Å². The lowest BCUT2D eigenvalue weighted by molar-refractivity contribution is -0.125. The average Bonchev–Trinajstić information content (AvgIpc) is 2.77. The second kappa shape index (κ2) is 10.3. The third kappa shape index (κ3) is 5.90. The molecular formula is C24H27F2N3O3. The number of hydrogen-bond acceptors (Lipinski definition) is 3. The van der Waals surface area contributed by atoms with Crippen LogP contribution in [-0.2, 0) is 4.79 Å². The molecule has 0 bridgehead atoms. The molecule has 0 saturated carbocycles. The van der Waals surface area contributed by atoms with Gasteiger partial charge >= 0.3 is 0 Å². The number of benzene rings is 2. The number of amides is 3. The van der Waals surface area contributed by atoms with Gasteiger partial charge in [-0.25, -0.2) is 8.78 Å². The second-order valence-corrected chi connectivity index (χ2v) is 8.26. The summed E-state index contributed by atoms with van der Waals surface area (Å²) >= 11 is 0. The van der Waals surface area contributed by atoms with Crippen molar-refractivity contribution in [3.63, 3.8) is 0 Å². The molecule has 0 spiro atoms. The first-order valence-corrected chi connectivity index (χ1v) is 10.7. The number of piperidine rings is 1. The van der Waals surface area contributed by atoms with Crippen molar-refractivity contribution in [3.05, 3.63) is 71.3 Å². The van der Waals surface area contributed by atoms with Crippen LogP contribution >= 0.6 is 0 Å². The summed E-state index contributed by atoms with van der Waals surface area (Å²) in [5.41, 5.74) is 0.668. The fourth-order valence-electron chi connectivity index (χ4n) is 3.81. The Balaban J connectivity index is 1.68. The molecule has 3 amide bonds. The molecule has 32 heavy (non-hydrogen) atoms. The summed E-state index contributed by atoms with van der Waals surface area (Å²) in [5, 5.41) is 5.63. The van der Waals surface area contributed by atoms with E-state index in [1.807, 2.05) is 13.8 Å². The second-order valence-electron chi connectivity index (χ2n) is 8.26. The molecule has 1 heterocycles. The van der Waals surface area contributed by atoms with E-state index < -0.39 is 23.6 Å². The minimum atomic E-state index is -0.780. The van der Waals surface area contributed by atoms with Gasteiger partial charge in [0, 0.05) is 30.3 Å². The van der Waals surface area contributed by atoms with Crippen LogP contribution in [0.3, 0.4) is 0 Å². The highest BCUT2D eigenvalue weighted by molar-refractivity contribution is 5.97. The van der Waals surface area contributed by atoms with Crippen LogP contribution in [0.5, 0.6) is 0 Å². The molecular weight excluding hydrogens is 416 g/mol. The maximum atomic E-state index is 13.2. The average molecular weight is 443 g/mol. The Morgan fingerprint density at radius 1 is 0.844 bits per heavy atom. The zero-order valence-electron chi connectivity index (χ0n) is 18.1. The van der Waals surface area contributed by atoms with Gasteiger partial charge in [-0.05, 0) is 81.1 Å². The van der Waals surface area contributed by atoms with E-state index in [-0.39, 0.29) is 29.3 Å². The molecule has 0 aromatic heterocycles. The normalized spacial score (nSPS) is 15.3. The minimum absolute atomic E-state index is 0.104. The predicted octanol–water partition coefficient (Wildman–Crippen LogP) is 3.14. The summed E-state index contributed by atoms with van der Waals surface area (Å²) in [6, 6.07) is 9.63. The molecule has 0 aliphatic carbocycles. The number of nitrogens with zero attached hydrogens (tertiary/aromatic N) is 1. The van der Waals surface area contributed by atoms with Crippen LogP contribution in [0.4, 0.5) is 8.78 Å². The van der Waals surface area contributed by atoms with E-state index in [0.29, 0.717) is 31.5 Å². The van der Waals surface area contributed by atoms with Gasteiger partial charge in [-0.2, -0.15) is 0 Å². The largest absolute Gasteiger partial charge is 0.352 e. The maximum absolute atomic E-state index is 13.2. The highest BCUT2D eigenvalue weighted by Gasteiger charge is 2.34. The van der Waals surface area contributed by atoms with Crippen LogP contribution in [0.25, 0.3) is 0 Å². The molecule has 1 atom stereocenters. The van der Waals surface area contributed by atoms with E-state index in [4.69, 9.17) is 0 Å². The Morgan fingerprint density at radius 3 is 1.84 bits per heavy atom. The lowest BCUT2D eigenvalue weighted by atomic mass is 9.88. The van der Waals surface area contributed by atoms with E-state index in [9.17, 15) is 23.2 Å². The number of carbonyl (C=O) groups is 3. The zero-order valence-corrected chi connectivity index (χ0v) is 18.1. The molecule has 2 N–H and O–H groups in total. The van der Waals surface area contributed by atoms with Gasteiger partial charge in [0.15, 0.2) is 0 Å². The molecule has 8 heteroatoms. The van der Waals surface area contributed by atoms with Crippen molar-refractivity contribution in [1.82, 2.24) is 15.5 Å². The Kier molecular flexibility index (Phi) is 7.56. The van der Waals surface area contributed by atoms with Crippen LogP contribution in [0, 0.1) is 17.6 Å². The number of hydrogen-bond donors (Lipinski definition) is 2. The molecule has 2 aromatic carbocycles. The fraction of sp³-hybridized carbons (Fsp3) is 0.375. The van der Waals surface area contributed by atoms with Crippen molar-refractivity contribution in [2.75, 3.05) is 13.1 Å². The van der Waals surface area contributed by atoms with E-state index in [2.05, 4.69) is 10.6 Å². The topological polar surface area (TPSA) is 78.5 Å². The molecule has 2 aromatic rings. The molecule has 3 rings (SSSR count). The molecule has 6 nitrogen and oxygen atoms in total. The first kappa shape index (κ1) is 23.4. The van der Waals surface area contributed by atoms with E-state index >= 15 is 0 Å². The van der Waals surface area contributed by atoms with Crippen molar-refractivity contribution >= 4 is 17.7 Å². The molecule has 1 saturated heterocycles. The van der Waals surface area contributed by atoms with Crippen molar-refractivity contribution in [2.45, 2.75) is 38.8 Å². The smallest absolute Gasteiger partial charge is 0.253 e. The van der Waals surface area contributed by atoms with Crippen molar-refractivity contribution in [1.29, 1.82) is 0 Å². The standard InChI is InChI=1S/C24H27F2N3O3/c1-15(2)27-23(31)21(28-22(30)17-3-7-19(25)8-4-17)16-11-13-29(14-12-16)24(32)18-5-9-20(26)10-6-18/h3-10,15-16,21H,11-14H2,1-2H3,(H,27,31)(H,28,30)/t21-/m1/s1. The monoisotopic (exact) mass is 443 g/mol. The Bertz CT molecular complexity index is 953. The predicted molar refractivity (Wildman–Crippen MR) is 116 cm³/mol. The zero-order chi connectivity index (χ0) is 23.3. The van der Waals surface area contributed by atoms with Crippen LogP contribution in [0.15, 0.2) is 48.5 Å². The summed E-state index contributed by atoms with van der Waals surface area (Å²) in [6.07, 6.45) is 1.04. The molecule has 0 radical (unpaired) electrons. The van der Waals surface area contributed by atoms with Crippen LogP contribution in [0.1, 0.15) is 47.4 Å². The van der Waals surface area contributed by atoms with Gasteiger partial charge < -0.3 is 15.5 Å². The summed E-state index contributed by atoms with van der Waals surface area (Å²) in [7, 11) is 0. The van der Waals surface area contributed by atoms with Gasteiger partial charge in [-0.15, -0.1) is 0 Å². The van der Waals surface area contributed by atoms with Gasteiger partial charge in [-0.1, -0.05) is 0 Å². The quantitative estimate of drug-likeness (QED) is 0.720. The summed E-state index contributed by atoms with van der Waals surface area (Å²) in [5.74, 6) is -1.97. The van der Waals surface area contributed by atoms with Gasteiger partial charge in [0.2, 0.25) is 5.91 Å². The number of rotatable bonds is 6. The SMILES string of the molecule is CC(C)NC(=O)[C@H](NC(=O)c1ccc(F)cc1)C1CCN(C(=O)c2ccc(F)cc2)CC1. The third-order valence-corrected chi connectivity index (χ3v) is 5.50. The van der Waals surface area contributed by atoms with Crippen molar-refractivity contribution in [2.24, 2.45) is 5.92 Å². The number of carbonyl (C=O) groups excluding carboxylic acids is 3. The first-order valence-electron chi connectivity index (χ1n) is 10.7. The summed E-state index contributed by atoms with van der Waals surface area (Å²) in [6.45, 7) is 4.50. The number of halogens is 2. The number of likely N-dealkylation sites (tertiary alicyclic amines) is 1. The van der Waals surface area contributed by atoms with Gasteiger partial charge in [0.05, 0.1) is 0 Å². The van der Waals surface area contributed by atoms with Gasteiger partial charge in [-0.3, -0.25) is 14.4 Å². The molecule has 0 unspecified atom stereocenters. The van der Waals surface area contributed by atoms with Crippen molar-refractivity contribution in [3.8, 4) is 0 Å². The highest BCUT2D eigenvalue weighted by Crippen LogP contribution is 2.23. The molecule has 1 aliphatic rings. The Labute approximate surface area is 186 Å². The lowest BCUT2D eigenvalue weighted by Crippen LogP contribution is -2.54. The Hall–Kier alpha value is -3.29. The highest BCUT2D eigenvalue weighted by atomic mass is 19.1. The maximum Gasteiger partial charge on any atom is 0.253 e. The van der Waals surface area contributed by atoms with Crippen LogP contribution < -0.4 is 10.6 Å². The minimum Gasteiger partial charge on any atom is -0.352 e. The Morgan fingerprint density at radius 2 is 1.34 bits per heavy atom. The van der Waals surface area contributed by atoms with Gasteiger partial charge in [0.25, 0.3) is 11.8 Å². The van der Waals surface area contributed by atoms with Crippen LogP contribution in [-0.4, -0.2) is 47.8 Å². The summed E-state index contributed by atoms with van der Waals surface area (Å²) in [4.78, 5) is 39.9. The van der Waals surface area contributed by atoms with E-state index in [1.165, 1.54) is 48.5 Å². The fourth-order valence-corrected chi connectivity index (χ4v) is 3.81. The van der Waals surface area contributed by atoms with E-state index in [1.54, 1.807) is 4.90 Å². The molecule has 170 valence electrons. The number of nitrogens with one attached hydrogen (secondary N) is 2. The first-order chi connectivity index (χ1) is 15.2. The molecule has 1 fully saturated rings.